The third-order valence-electron chi connectivity index (χ3n) is 8.09. The Morgan fingerprint density at radius 1 is 0.771 bits per heavy atom. The lowest BCUT2D eigenvalue weighted by Gasteiger charge is -2.36. The first kappa shape index (κ1) is 33.6. The molecule has 0 unspecified atom stereocenters. The van der Waals surface area contributed by atoms with Crippen molar-refractivity contribution < 1.29 is 32.9 Å². The van der Waals surface area contributed by atoms with Gasteiger partial charge in [-0.25, -0.2) is 17.9 Å². The molecule has 3 atom stereocenters. The van der Waals surface area contributed by atoms with Crippen molar-refractivity contribution in [2.24, 2.45) is 0 Å². The fraction of sp³-hybridized carbons (Fsp3) is 0.184. The second-order valence-corrected chi connectivity index (χ2v) is 14.3. The van der Waals surface area contributed by atoms with Crippen LogP contribution in [0.15, 0.2) is 137 Å². The number of benzene rings is 5. The summed E-state index contributed by atoms with van der Waals surface area (Å²) in [5, 5.41) is 18.8. The zero-order valence-electron chi connectivity index (χ0n) is 25.9. The molecule has 1 heterocycles. The molecule has 0 spiro atoms. The highest BCUT2D eigenvalue weighted by molar-refractivity contribution is 7.99. The van der Waals surface area contributed by atoms with E-state index >= 15 is 0 Å². The predicted molar refractivity (Wildman–Crippen MR) is 185 cm³/mol. The number of hydrogen-bond donors (Lipinski definition) is 3. The van der Waals surface area contributed by atoms with Gasteiger partial charge in [-0.05, 0) is 76.3 Å². The molecule has 1 fully saturated rings. The van der Waals surface area contributed by atoms with Gasteiger partial charge in [-0.2, -0.15) is 0 Å². The zero-order valence-corrected chi connectivity index (χ0v) is 27.6. The van der Waals surface area contributed by atoms with Crippen LogP contribution in [0.4, 0.5) is 0 Å². The van der Waals surface area contributed by atoms with E-state index in [1.165, 1.54) is 0 Å². The molecule has 1 aliphatic rings. The van der Waals surface area contributed by atoms with E-state index in [2.05, 4.69) is 4.72 Å². The van der Waals surface area contributed by atoms with Crippen LogP contribution in [-0.2, 0) is 32.6 Å². The maximum absolute atomic E-state index is 12.8. The minimum Gasteiger partial charge on any atom is -0.478 e. The lowest BCUT2D eigenvalue weighted by molar-refractivity contribution is -0.245. The Labute approximate surface area is 284 Å². The van der Waals surface area contributed by atoms with E-state index in [0.717, 1.165) is 38.3 Å². The van der Waals surface area contributed by atoms with Crippen molar-refractivity contribution in [3.63, 3.8) is 0 Å². The highest BCUT2D eigenvalue weighted by atomic mass is 32.2. The van der Waals surface area contributed by atoms with Crippen LogP contribution in [0.3, 0.4) is 0 Å². The van der Waals surface area contributed by atoms with Crippen LogP contribution in [0, 0.1) is 0 Å². The highest BCUT2D eigenvalue weighted by Gasteiger charge is 2.32. The van der Waals surface area contributed by atoms with Gasteiger partial charge in [0.2, 0.25) is 10.0 Å². The summed E-state index contributed by atoms with van der Waals surface area (Å²) in [7, 11) is -3.64. The Morgan fingerprint density at radius 3 is 2.19 bits per heavy atom. The van der Waals surface area contributed by atoms with Crippen molar-refractivity contribution in [1.82, 2.24) is 4.72 Å². The molecule has 8 nitrogen and oxygen atoms in total. The molecule has 5 aromatic carbocycles. The first-order valence-corrected chi connectivity index (χ1v) is 17.9. The smallest absolute Gasteiger partial charge is 0.335 e. The fourth-order valence-corrected chi connectivity index (χ4v) is 7.45. The zero-order chi connectivity index (χ0) is 33.5. The molecule has 1 aliphatic heterocycles. The first-order chi connectivity index (χ1) is 23.3. The summed E-state index contributed by atoms with van der Waals surface area (Å²) in [6, 6.07) is 38.5. The summed E-state index contributed by atoms with van der Waals surface area (Å²) in [6.45, 7) is 0.110. The van der Waals surface area contributed by atoms with Gasteiger partial charge in [0.05, 0.1) is 29.3 Å². The van der Waals surface area contributed by atoms with Gasteiger partial charge >= 0.3 is 5.97 Å². The number of rotatable bonds is 12. The molecule has 6 rings (SSSR count). The molecule has 5 aromatic rings. The Bertz CT molecular complexity index is 1950. The fourth-order valence-electron chi connectivity index (χ4n) is 5.49. The minimum absolute atomic E-state index is 0.0373. The molecule has 1 saturated heterocycles. The molecule has 0 amide bonds. The highest BCUT2D eigenvalue weighted by Crippen LogP contribution is 2.40. The van der Waals surface area contributed by atoms with Gasteiger partial charge in [-0.3, -0.25) is 0 Å². The Balaban J connectivity index is 1.20. The van der Waals surface area contributed by atoms with Gasteiger partial charge in [0.1, 0.15) is 0 Å². The number of ether oxygens (including phenoxy) is 2. The van der Waals surface area contributed by atoms with Gasteiger partial charge < -0.3 is 19.7 Å². The van der Waals surface area contributed by atoms with Crippen molar-refractivity contribution in [2.75, 3.05) is 5.75 Å². The number of carbonyl (C=O) groups is 1. The first-order valence-electron chi connectivity index (χ1n) is 15.5. The van der Waals surface area contributed by atoms with Gasteiger partial charge in [-0.1, -0.05) is 78.9 Å². The third kappa shape index (κ3) is 8.40. The average molecular weight is 682 g/mol. The molecule has 0 radical (unpaired) electrons. The minimum atomic E-state index is -3.64. The van der Waals surface area contributed by atoms with Crippen molar-refractivity contribution in [1.29, 1.82) is 0 Å². The van der Waals surface area contributed by atoms with Gasteiger partial charge in [0.25, 0.3) is 0 Å². The van der Waals surface area contributed by atoms with Crippen LogP contribution in [0.1, 0.15) is 51.4 Å². The van der Waals surface area contributed by atoms with E-state index < -0.39 is 22.3 Å². The molecule has 3 N–H and O–H groups in total. The Kier molecular flexibility index (Phi) is 10.7. The Morgan fingerprint density at radius 2 is 1.48 bits per heavy atom. The van der Waals surface area contributed by atoms with Crippen molar-refractivity contribution in [3.8, 4) is 11.1 Å². The molecule has 0 aromatic heterocycles. The molecule has 0 saturated carbocycles. The quantitative estimate of drug-likeness (QED) is 0.117. The topological polar surface area (TPSA) is 122 Å². The number of carboxylic acids is 1. The van der Waals surface area contributed by atoms with Crippen LogP contribution in [0.25, 0.3) is 11.1 Å². The van der Waals surface area contributed by atoms with Crippen molar-refractivity contribution in [3.05, 3.63) is 155 Å². The second-order valence-electron chi connectivity index (χ2n) is 11.5. The van der Waals surface area contributed by atoms with E-state index in [1.54, 1.807) is 66.4 Å². The molecular formula is C38H35NO7S2. The van der Waals surface area contributed by atoms with Crippen LogP contribution >= 0.6 is 11.8 Å². The summed E-state index contributed by atoms with van der Waals surface area (Å²) in [6.07, 6.45) is -0.446. The Hall–Kier alpha value is -4.29. The van der Waals surface area contributed by atoms with Crippen molar-refractivity contribution >= 4 is 27.8 Å². The molecule has 10 heteroatoms. The van der Waals surface area contributed by atoms with Crippen LogP contribution in [0.5, 0.6) is 0 Å². The number of aromatic carboxylic acids is 1. The van der Waals surface area contributed by atoms with Gasteiger partial charge in [0, 0.05) is 29.2 Å². The third-order valence-corrected chi connectivity index (χ3v) is 10.7. The normalized spacial score (nSPS) is 18.0. The predicted octanol–water partition coefficient (Wildman–Crippen LogP) is 7.36. The number of thioether (sulfide) groups is 1. The average Bonchev–Trinajstić information content (AvgIpc) is 3.14. The molecular weight excluding hydrogens is 647 g/mol. The van der Waals surface area contributed by atoms with Gasteiger partial charge in [-0.15, -0.1) is 11.8 Å². The number of hydrogen-bond acceptors (Lipinski definition) is 7. The summed E-state index contributed by atoms with van der Waals surface area (Å²) >= 11 is 1.60. The van der Waals surface area contributed by atoms with Crippen LogP contribution in [0.2, 0.25) is 0 Å². The summed E-state index contributed by atoms with van der Waals surface area (Å²) in [5.74, 6) is -0.322. The lowest BCUT2D eigenvalue weighted by Crippen LogP contribution is -2.31. The SMILES string of the molecule is O=C(O)c1ccc(SC[C@@H]2C[C@H](c3ccc(CO)cc3)O[C@H](c3cccc(-c4cccc(CNS(=O)(=O)c5ccccc5)c4)c3)O2)cc1. The lowest BCUT2D eigenvalue weighted by atomic mass is 9.99. The second kappa shape index (κ2) is 15.3. The molecule has 48 heavy (non-hydrogen) atoms. The molecule has 0 bridgehead atoms. The monoisotopic (exact) mass is 681 g/mol. The maximum Gasteiger partial charge on any atom is 0.335 e. The number of sulfonamides is 1. The van der Waals surface area contributed by atoms with Crippen LogP contribution < -0.4 is 4.72 Å². The standard InChI is InChI=1S/C38H35NO7S2/c40-24-26-12-14-28(15-13-26)36-22-33(25-47-34-18-16-29(17-19-34)37(41)42)45-38(46-36)32-9-5-8-31(21-32)30-7-4-6-27(20-30)23-39-48(43,44)35-10-2-1-3-11-35/h1-21,33,36,38-40H,22-25H2,(H,41,42)/t33-,36+,38+/m0/s1. The van der Waals surface area contributed by atoms with E-state index in [4.69, 9.17) is 9.47 Å². The molecule has 0 aliphatic carbocycles. The van der Waals surface area contributed by atoms with E-state index in [-0.39, 0.29) is 35.8 Å². The number of aliphatic hydroxyl groups excluding tert-OH is 1. The summed E-state index contributed by atoms with van der Waals surface area (Å²) < 4.78 is 41.3. The van der Waals surface area contributed by atoms with E-state index in [0.29, 0.717) is 12.2 Å². The summed E-state index contributed by atoms with van der Waals surface area (Å²) in [4.78, 5) is 12.4. The van der Waals surface area contributed by atoms with Gasteiger partial charge in [0.15, 0.2) is 6.29 Å². The van der Waals surface area contributed by atoms with E-state index in [1.807, 2.05) is 72.8 Å². The number of aliphatic hydroxyl groups is 1. The van der Waals surface area contributed by atoms with Crippen LogP contribution in [-0.4, -0.2) is 36.5 Å². The maximum atomic E-state index is 12.8. The van der Waals surface area contributed by atoms with Crippen molar-refractivity contribution in [2.45, 2.75) is 47.9 Å². The number of nitrogens with one attached hydrogen (secondary N) is 1. The molecule has 246 valence electrons. The van der Waals surface area contributed by atoms with E-state index in [9.17, 15) is 23.4 Å². The summed E-state index contributed by atoms with van der Waals surface area (Å²) in [5.41, 5.74) is 5.59. The largest absolute Gasteiger partial charge is 0.478 e. The number of carboxylic acid groups (broad SMARTS) is 1.